The number of benzene rings is 1. The summed E-state index contributed by atoms with van der Waals surface area (Å²) in [6.07, 6.45) is 0. The van der Waals surface area contributed by atoms with Gasteiger partial charge in [-0.3, -0.25) is 14.6 Å². The van der Waals surface area contributed by atoms with Crippen LogP contribution in [0.3, 0.4) is 0 Å². The minimum atomic E-state index is -3.61. The van der Waals surface area contributed by atoms with Crippen LogP contribution in [-0.4, -0.2) is 100 Å². The van der Waals surface area contributed by atoms with E-state index in [9.17, 15) is 13.2 Å². The normalized spacial score (nSPS) is 19.8. The molecule has 3 rings (SSSR count). The number of piperazine rings is 1. The van der Waals surface area contributed by atoms with E-state index in [1.54, 1.807) is 24.3 Å². The predicted molar refractivity (Wildman–Crippen MR) is 101 cm³/mol. The average molecular weight is 397 g/mol. The van der Waals surface area contributed by atoms with Crippen LogP contribution < -0.4 is 4.18 Å². The number of para-hydroxylation sites is 1. The molecule has 0 spiro atoms. The maximum absolute atomic E-state index is 12.3. The maximum Gasteiger partial charge on any atom is 0.310 e. The van der Waals surface area contributed by atoms with Gasteiger partial charge in [0, 0.05) is 45.8 Å². The zero-order chi connectivity index (χ0) is 19.1. The van der Waals surface area contributed by atoms with Crippen LogP contribution in [0.25, 0.3) is 0 Å². The summed E-state index contributed by atoms with van der Waals surface area (Å²) in [6.45, 7) is 6.41. The summed E-state index contributed by atoms with van der Waals surface area (Å²) in [5.41, 5.74) is 0. The third kappa shape index (κ3) is 6.46. The molecule has 8 nitrogen and oxygen atoms in total. The van der Waals surface area contributed by atoms with Gasteiger partial charge in [-0.2, -0.15) is 8.42 Å². The first-order chi connectivity index (χ1) is 13.0. The van der Waals surface area contributed by atoms with E-state index in [-0.39, 0.29) is 11.7 Å². The average Bonchev–Trinajstić information content (AvgIpc) is 2.69. The number of nitrogens with zero attached hydrogens (tertiary/aromatic N) is 3. The van der Waals surface area contributed by atoms with Crippen molar-refractivity contribution in [2.75, 3.05) is 71.3 Å². The van der Waals surface area contributed by atoms with Gasteiger partial charge in [0.15, 0.2) is 0 Å². The van der Waals surface area contributed by atoms with E-state index in [1.165, 1.54) is 0 Å². The minimum Gasteiger partial charge on any atom is -0.382 e. The molecule has 2 heterocycles. The van der Waals surface area contributed by atoms with E-state index < -0.39 is 10.1 Å². The molecule has 2 saturated heterocycles. The van der Waals surface area contributed by atoms with Crippen LogP contribution in [0.1, 0.15) is 0 Å². The second-order valence-electron chi connectivity index (χ2n) is 6.77. The highest BCUT2D eigenvalue weighted by atomic mass is 32.2. The molecule has 0 radical (unpaired) electrons. The highest BCUT2D eigenvalue weighted by Crippen LogP contribution is 2.12. The second kappa shape index (κ2) is 9.50. The molecular weight excluding hydrogens is 370 g/mol. The van der Waals surface area contributed by atoms with Gasteiger partial charge in [-0.25, -0.2) is 0 Å². The minimum absolute atomic E-state index is 0.0470. The fourth-order valence-electron chi connectivity index (χ4n) is 3.18. The van der Waals surface area contributed by atoms with E-state index in [0.29, 0.717) is 45.1 Å². The van der Waals surface area contributed by atoms with Crippen molar-refractivity contribution >= 4 is 16.0 Å². The van der Waals surface area contributed by atoms with E-state index in [0.717, 1.165) is 26.2 Å². The number of hydrogen-bond donors (Lipinski definition) is 0. The van der Waals surface area contributed by atoms with Gasteiger partial charge in [-0.15, -0.1) is 0 Å². The summed E-state index contributed by atoms with van der Waals surface area (Å²) in [5, 5.41) is 0. The van der Waals surface area contributed by atoms with Crippen molar-refractivity contribution in [3.8, 4) is 5.75 Å². The van der Waals surface area contributed by atoms with Crippen LogP contribution in [0.2, 0.25) is 0 Å². The molecule has 2 fully saturated rings. The lowest BCUT2D eigenvalue weighted by Crippen LogP contribution is -2.52. The summed E-state index contributed by atoms with van der Waals surface area (Å²) in [4.78, 5) is 18.4. The maximum atomic E-state index is 12.3. The van der Waals surface area contributed by atoms with Crippen molar-refractivity contribution < 1.29 is 22.1 Å². The van der Waals surface area contributed by atoms with Crippen LogP contribution in [0, 0.1) is 0 Å². The molecule has 9 heteroatoms. The van der Waals surface area contributed by atoms with Crippen LogP contribution in [0.4, 0.5) is 0 Å². The third-order valence-corrected chi connectivity index (χ3v) is 5.94. The molecular formula is C18H27N3O5S. The largest absolute Gasteiger partial charge is 0.382 e. The highest BCUT2D eigenvalue weighted by Gasteiger charge is 2.24. The van der Waals surface area contributed by atoms with E-state index in [1.807, 2.05) is 11.0 Å². The van der Waals surface area contributed by atoms with Gasteiger partial charge >= 0.3 is 10.1 Å². The Morgan fingerprint density at radius 1 is 0.963 bits per heavy atom. The van der Waals surface area contributed by atoms with Crippen LogP contribution in [0.5, 0.6) is 5.75 Å². The van der Waals surface area contributed by atoms with Crippen LogP contribution in [-0.2, 0) is 19.6 Å². The number of morpholine rings is 1. The topological polar surface area (TPSA) is 79.4 Å². The van der Waals surface area contributed by atoms with Gasteiger partial charge in [-0.1, -0.05) is 18.2 Å². The van der Waals surface area contributed by atoms with Crippen molar-refractivity contribution in [3.63, 3.8) is 0 Å². The van der Waals surface area contributed by atoms with Gasteiger partial charge in [0.25, 0.3) is 0 Å². The van der Waals surface area contributed by atoms with E-state index in [4.69, 9.17) is 8.92 Å². The van der Waals surface area contributed by atoms with Crippen molar-refractivity contribution in [1.82, 2.24) is 14.7 Å². The quantitative estimate of drug-likeness (QED) is 0.593. The Morgan fingerprint density at radius 3 is 2.26 bits per heavy atom. The van der Waals surface area contributed by atoms with Gasteiger partial charge in [0.05, 0.1) is 25.5 Å². The summed E-state index contributed by atoms with van der Waals surface area (Å²) in [7, 11) is -3.61. The Morgan fingerprint density at radius 2 is 1.59 bits per heavy atom. The number of carbonyl (C=O) groups excluding carboxylic acids is 1. The van der Waals surface area contributed by atoms with Crippen molar-refractivity contribution in [1.29, 1.82) is 0 Å². The third-order valence-electron chi connectivity index (χ3n) is 4.81. The molecule has 0 N–H and O–H groups in total. The Hall–Kier alpha value is -1.68. The molecule has 0 atom stereocenters. The monoisotopic (exact) mass is 397 g/mol. The molecule has 1 aromatic rings. The summed E-state index contributed by atoms with van der Waals surface area (Å²) in [6, 6.07) is 8.54. The molecule has 0 saturated carbocycles. The first-order valence-electron chi connectivity index (χ1n) is 9.29. The van der Waals surface area contributed by atoms with Crippen molar-refractivity contribution in [2.24, 2.45) is 0 Å². The fourth-order valence-corrected chi connectivity index (χ4v) is 4.15. The zero-order valence-corrected chi connectivity index (χ0v) is 16.3. The molecule has 0 unspecified atom stereocenters. The second-order valence-corrected chi connectivity index (χ2v) is 8.46. The van der Waals surface area contributed by atoms with Gasteiger partial charge in [0.2, 0.25) is 5.91 Å². The first kappa shape index (κ1) is 20.1. The van der Waals surface area contributed by atoms with Gasteiger partial charge in [0.1, 0.15) is 5.75 Å². The van der Waals surface area contributed by atoms with Crippen LogP contribution >= 0.6 is 0 Å². The molecule has 2 aliphatic rings. The number of hydrogen-bond acceptors (Lipinski definition) is 7. The molecule has 27 heavy (non-hydrogen) atoms. The summed E-state index contributed by atoms with van der Waals surface area (Å²) in [5.74, 6) is 0.434. The Kier molecular flexibility index (Phi) is 7.06. The van der Waals surface area contributed by atoms with Gasteiger partial charge in [-0.05, 0) is 12.1 Å². The Labute approximate surface area is 160 Å². The lowest BCUT2D eigenvalue weighted by atomic mass is 10.3. The number of amides is 1. The van der Waals surface area contributed by atoms with Crippen LogP contribution in [0.15, 0.2) is 30.3 Å². The Balaban J connectivity index is 1.37. The molecule has 2 aliphatic heterocycles. The van der Waals surface area contributed by atoms with Crippen molar-refractivity contribution in [2.45, 2.75) is 0 Å². The smallest absolute Gasteiger partial charge is 0.310 e. The SMILES string of the molecule is O=C(CN1CCN(CCS(=O)(=O)Oc2ccccc2)CC1)N1CCOCC1. The zero-order valence-electron chi connectivity index (χ0n) is 15.5. The number of carbonyl (C=O) groups is 1. The standard InChI is InChI=1S/C18H27N3O5S/c22-18(21-10-13-25-14-11-21)16-20-8-6-19(7-9-20)12-15-27(23,24)26-17-4-2-1-3-5-17/h1-5H,6-16H2. The summed E-state index contributed by atoms with van der Waals surface area (Å²) >= 11 is 0. The predicted octanol–water partition coefficient (Wildman–Crippen LogP) is -0.128. The van der Waals surface area contributed by atoms with E-state index in [2.05, 4.69) is 9.80 Å². The number of rotatable bonds is 7. The fraction of sp³-hybridized carbons (Fsp3) is 0.611. The molecule has 1 aromatic carbocycles. The molecule has 1 amide bonds. The molecule has 0 bridgehead atoms. The number of ether oxygens (including phenoxy) is 1. The molecule has 0 aromatic heterocycles. The lowest BCUT2D eigenvalue weighted by Gasteiger charge is -2.35. The highest BCUT2D eigenvalue weighted by molar-refractivity contribution is 7.87. The van der Waals surface area contributed by atoms with Crippen molar-refractivity contribution in [3.05, 3.63) is 30.3 Å². The Bertz CT molecular complexity index is 699. The van der Waals surface area contributed by atoms with Gasteiger partial charge < -0.3 is 13.8 Å². The summed E-state index contributed by atoms with van der Waals surface area (Å²) < 4.78 is 34.6. The molecule has 0 aliphatic carbocycles. The lowest BCUT2D eigenvalue weighted by molar-refractivity contribution is -0.136. The first-order valence-corrected chi connectivity index (χ1v) is 10.9. The molecule has 150 valence electrons. The van der Waals surface area contributed by atoms with E-state index >= 15 is 0 Å².